The predicted molar refractivity (Wildman–Crippen MR) is 70.7 cm³/mol. The lowest BCUT2D eigenvalue weighted by atomic mass is 10.1. The smallest absolute Gasteiger partial charge is 0.339 e. The fraction of sp³-hybridized carbons (Fsp3) is 0.533. The molecule has 1 saturated heterocycles. The van der Waals surface area contributed by atoms with Crippen LogP contribution in [-0.2, 0) is 19.0 Å². The van der Waals surface area contributed by atoms with Gasteiger partial charge in [-0.1, -0.05) is 30.3 Å². The molecular weight excluding hydrogens is 244 g/mol. The van der Waals surface area contributed by atoms with Gasteiger partial charge in [-0.05, 0) is 25.3 Å². The molecule has 4 heteroatoms. The molecular formula is C15H20O4. The third-order valence-electron chi connectivity index (χ3n) is 3.10. The topological polar surface area (TPSA) is 44.8 Å². The van der Waals surface area contributed by atoms with Crippen LogP contribution in [0.3, 0.4) is 0 Å². The summed E-state index contributed by atoms with van der Waals surface area (Å²) in [7, 11) is 0. The molecule has 1 aromatic rings. The molecule has 0 aromatic heterocycles. The fourth-order valence-corrected chi connectivity index (χ4v) is 2.12. The van der Waals surface area contributed by atoms with E-state index in [0.29, 0.717) is 19.8 Å². The summed E-state index contributed by atoms with van der Waals surface area (Å²) in [5, 5.41) is 0. The highest BCUT2D eigenvalue weighted by atomic mass is 16.6. The van der Waals surface area contributed by atoms with Crippen molar-refractivity contribution in [1.82, 2.24) is 0 Å². The Morgan fingerprint density at radius 2 is 2.00 bits per heavy atom. The Kier molecular flexibility index (Phi) is 5.36. The quantitative estimate of drug-likeness (QED) is 0.766. The molecule has 2 rings (SSSR count). The summed E-state index contributed by atoms with van der Waals surface area (Å²) in [4.78, 5) is 12.0. The van der Waals surface area contributed by atoms with Gasteiger partial charge in [0.15, 0.2) is 6.10 Å². The monoisotopic (exact) mass is 264 g/mol. The maximum absolute atomic E-state index is 12.0. The lowest BCUT2D eigenvalue weighted by Gasteiger charge is -2.26. The first-order chi connectivity index (χ1) is 9.31. The Morgan fingerprint density at radius 1 is 1.32 bits per heavy atom. The number of rotatable bonds is 5. The number of benzene rings is 1. The summed E-state index contributed by atoms with van der Waals surface area (Å²) in [6.07, 6.45) is 1.07. The molecule has 0 bridgehead atoms. The Bertz CT molecular complexity index is 384. The van der Waals surface area contributed by atoms with E-state index in [1.807, 2.05) is 30.3 Å². The van der Waals surface area contributed by atoms with Crippen LogP contribution in [0.2, 0.25) is 0 Å². The first-order valence-corrected chi connectivity index (χ1v) is 6.76. The molecule has 1 fully saturated rings. The van der Waals surface area contributed by atoms with Crippen LogP contribution in [0.15, 0.2) is 30.3 Å². The molecule has 1 heterocycles. The fourth-order valence-electron chi connectivity index (χ4n) is 2.12. The van der Waals surface area contributed by atoms with Gasteiger partial charge in [-0.3, -0.25) is 0 Å². The number of carbonyl (C=O) groups is 1. The minimum Gasteiger partial charge on any atom is -0.464 e. The lowest BCUT2D eigenvalue weighted by molar-refractivity contribution is -0.164. The van der Waals surface area contributed by atoms with Gasteiger partial charge >= 0.3 is 5.97 Å². The van der Waals surface area contributed by atoms with E-state index in [1.54, 1.807) is 6.92 Å². The van der Waals surface area contributed by atoms with Gasteiger partial charge in [-0.25, -0.2) is 4.79 Å². The molecule has 19 heavy (non-hydrogen) atoms. The van der Waals surface area contributed by atoms with E-state index in [9.17, 15) is 4.79 Å². The van der Waals surface area contributed by atoms with Crippen LogP contribution in [0.1, 0.15) is 31.4 Å². The van der Waals surface area contributed by atoms with Gasteiger partial charge in [0, 0.05) is 13.2 Å². The first kappa shape index (κ1) is 14.0. The average molecular weight is 264 g/mol. The number of hydrogen-bond acceptors (Lipinski definition) is 4. The third kappa shape index (κ3) is 4.04. The highest BCUT2D eigenvalue weighted by Crippen LogP contribution is 2.24. The predicted octanol–water partition coefficient (Wildman–Crippen LogP) is 2.49. The van der Waals surface area contributed by atoms with Crippen molar-refractivity contribution >= 4 is 5.97 Å². The molecule has 0 N–H and O–H groups in total. The van der Waals surface area contributed by atoms with Crippen molar-refractivity contribution < 1.29 is 19.0 Å². The van der Waals surface area contributed by atoms with Crippen LogP contribution in [0.25, 0.3) is 0 Å². The van der Waals surface area contributed by atoms with Crippen LogP contribution < -0.4 is 0 Å². The minimum absolute atomic E-state index is 0.0587. The van der Waals surface area contributed by atoms with Crippen LogP contribution in [0, 0.1) is 0 Å². The molecule has 0 spiro atoms. The number of hydrogen-bond donors (Lipinski definition) is 0. The molecule has 1 unspecified atom stereocenters. The van der Waals surface area contributed by atoms with Gasteiger partial charge in [0.2, 0.25) is 0 Å². The molecule has 0 radical (unpaired) electrons. The van der Waals surface area contributed by atoms with Crippen LogP contribution in [0.4, 0.5) is 0 Å². The zero-order valence-corrected chi connectivity index (χ0v) is 11.2. The number of ether oxygens (including phenoxy) is 3. The minimum atomic E-state index is -0.635. The zero-order valence-electron chi connectivity index (χ0n) is 11.2. The third-order valence-corrected chi connectivity index (χ3v) is 3.10. The van der Waals surface area contributed by atoms with E-state index >= 15 is 0 Å². The van der Waals surface area contributed by atoms with Crippen molar-refractivity contribution in [2.45, 2.75) is 32.0 Å². The van der Waals surface area contributed by atoms with Crippen LogP contribution >= 0.6 is 0 Å². The summed E-state index contributed by atoms with van der Waals surface area (Å²) in [5.74, 6) is -0.319. The van der Waals surface area contributed by atoms with Gasteiger partial charge in [0.1, 0.15) is 0 Å². The van der Waals surface area contributed by atoms with Gasteiger partial charge in [-0.15, -0.1) is 0 Å². The van der Waals surface area contributed by atoms with E-state index in [2.05, 4.69) is 0 Å². The zero-order chi connectivity index (χ0) is 13.5. The van der Waals surface area contributed by atoms with Crippen molar-refractivity contribution in [2.24, 2.45) is 0 Å². The highest BCUT2D eigenvalue weighted by molar-refractivity contribution is 5.76. The van der Waals surface area contributed by atoms with Gasteiger partial charge in [0.25, 0.3) is 0 Å². The molecule has 1 aliphatic heterocycles. The van der Waals surface area contributed by atoms with Gasteiger partial charge < -0.3 is 14.2 Å². The Morgan fingerprint density at radius 3 is 2.63 bits per heavy atom. The molecule has 104 valence electrons. The largest absolute Gasteiger partial charge is 0.464 e. The maximum atomic E-state index is 12.0. The second-order valence-corrected chi connectivity index (χ2v) is 4.49. The summed E-state index contributed by atoms with van der Waals surface area (Å²) in [5.41, 5.74) is 0.840. The standard InChI is InChI=1S/C15H20O4/c1-2-18-15(16)14(12-6-4-3-5-7-12)19-13-8-10-17-11-9-13/h3-7,13-14H,2,8-11H2,1H3. The van der Waals surface area contributed by atoms with E-state index in [0.717, 1.165) is 18.4 Å². The normalized spacial score (nSPS) is 17.9. The van der Waals surface area contributed by atoms with Crippen molar-refractivity contribution in [3.8, 4) is 0 Å². The second-order valence-electron chi connectivity index (χ2n) is 4.49. The van der Waals surface area contributed by atoms with E-state index < -0.39 is 6.10 Å². The Labute approximate surface area is 113 Å². The molecule has 4 nitrogen and oxygen atoms in total. The number of esters is 1. The van der Waals surface area contributed by atoms with Gasteiger partial charge in [-0.2, -0.15) is 0 Å². The second kappa shape index (κ2) is 7.26. The molecule has 0 amide bonds. The van der Waals surface area contributed by atoms with E-state index in [1.165, 1.54) is 0 Å². The van der Waals surface area contributed by atoms with Crippen molar-refractivity contribution in [2.75, 3.05) is 19.8 Å². The van der Waals surface area contributed by atoms with Crippen molar-refractivity contribution in [1.29, 1.82) is 0 Å². The summed E-state index contributed by atoms with van der Waals surface area (Å²) in [6, 6.07) is 9.49. The van der Waals surface area contributed by atoms with E-state index in [-0.39, 0.29) is 12.1 Å². The summed E-state index contributed by atoms with van der Waals surface area (Å²) < 4.78 is 16.3. The first-order valence-electron chi connectivity index (χ1n) is 6.76. The maximum Gasteiger partial charge on any atom is 0.339 e. The Balaban J connectivity index is 2.07. The van der Waals surface area contributed by atoms with Crippen molar-refractivity contribution in [3.05, 3.63) is 35.9 Å². The average Bonchev–Trinajstić information content (AvgIpc) is 2.47. The van der Waals surface area contributed by atoms with Crippen LogP contribution in [-0.4, -0.2) is 31.9 Å². The lowest BCUT2D eigenvalue weighted by Crippen LogP contribution is -2.29. The van der Waals surface area contributed by atoms with Crippen molar-refractivity contribution in [3.63, 3.8) is 0 Å². The van der Waals surface area contributed by atoms with Crippen LogP contribution in [0.5, 0.6) is 0 Å². The molecule has 1 atom stereocenters. The Hall–Kier alpha value is -1.39. The van der Waals surface area contributed by atoms with E-state index in [4.69, 9.17) is 14.2 Å². The summed E-state index contributed by atoms with van der Waals surface area (Å²) >= 11 is 0. The molecule has 0 aliphatic carbocycles. The highest BCUT2D eigenvalue weighted by Gasteiger charge is 2.27. The molecule has 1 aliphatic rings. The SMILES string of the molecule is CCOC(=O)C(OC1CCOCC1)c1ccccc1. The summed E-state index contributed by atoms with van der Waals surface area (Å²) in [6.45, 7) is 3.54. The molecule has 0 saturated carbocycles. The number of carbonyl (C=O) groups excluding carboxylic acids is 1. The van der Waals surface area contributed by atoms with Gasteiger partial charge in [0.05, 0.1) is 12.7 Å². The molecule has 1 aromatic carbocycles.